The molecule has 1 aliphatic heterocycles. The van der Waals surface area contributed by atoms with Gasteiger partial charge in [0.2, 0.25) is 0 Å². The minimum absolute atomic E-state index is 0. The maximum Gasteiger partial charge on any atom is 0.193 e. The largest absolute Gasteiger partial charge is 0.352 e. The smallest absolute Gasteiger partial charge is 0.193 e. The third-order valence-electron chi connectivity index (χ3n) is 5.55. The highest BCUT2D eigenvalue weighted by Crippen LogP contribution is 2.35. The Morgan fingerprint density at radius 1 is 1.27 bits per heavy atom. The molecule has 1 aliphatic carbocycles. The van der Waals surface area contributed by atoms with Gasteiger partial charge in [0, 0.05) is 32.2 Å². The molecule has 0 spiro atoms. The van der Waals surface area contributed by atoms with Crippen LogP contribution in [0.3, 0.4) is 0 Å². The van der Waals surface area contributed by atoms with Crippen LogP contribution >= 0.6 is 24.0 Å². The second-order valence-corrected chi connectivity index (χ2v) is 7.14. The minimum Gasteiger partial charge on any atom is -0.352 e. The van der Waals surface area contributed by atoms with Crippen molar-refractivity contribution in [1.82, 2.24) is 25.4 Å². The van der Waals surface area contributed by atoms with E-state index in [1.807, 2.05) is 13.1 Å². The summed E-state index contributed by atoms with van der Waals surface area (Å²) < 4.78 is 0. The fraction of sp³-hybridized carbons (Fsp3) is 0.526. The van der Waals surface area contributed by atoms with Gasteiger partial charge in [0.25, 0.3) is 0 Å². The lowest BCUT2D eigenvalue weighted by molar-refractivity contribution is 0.299. The van der Waals surface area contributed by atoms with Crippen molar-refractivity contribution in [2.75, 3.05) is 20.1 Å². The lowest BCUT2D eigenvalue weighted by Crippen LogP contribution is -2.39. The molecule has 2 unspecified atom stereocenters. The molecule has 1 saturated heterocycles. The van der Waals surface area contributed by atoms with E-state index in [1.165, 1.54) is 37.6 Å². The Morgan fingerprint density at radius 2 is 2.04 bits per heavy atom. The fourth-order valence-electron chi connectivity index (χ4n) is 4.27. The normalized spacial score (nSPS) is 22.7. The number of H-pyrrole nitrogens is 1. The van der Waals surface area contributed by atoms with E-state index in [0.29, 0.717) is 0 Å². The van der Waals surface area contributed by atoms with Crippen molar-refractivity contribution >= 4 is 29.9 Å². The summed E-state index contributed by atoms with van der Waals surface area (Å²) in [6.07, 6.45) is 7.11. The summed E-state index contributed by atoms with van der Waals surface area (Å²) in [5.41, 5.74) is 2.27. The molecule has 6 nitrogen and oxygen atoms in total. The van der Waals surface area contributed by atoms with Crippen LogP contribution in [-0.2, 0) is 6.54 Å². The molecule has 1 aromatic heterocycles. The molecule has 4 rings (SSSR count). The van der Waals surface area contributed by atoms with Gasteiger partial charge in [0.05, 0.1) is 0 Å². The van der Waals surface area contributed by atoms with Crippen molar-refractivity contribution in [3.8, 4) is 11.4 Å². The molecule has 0 amide bonds. The number of guanidine groups is 1. The van der Waals surface area contributed by atoms with Crippen LogP contribution in [0.4, 0.5) is 0 Å². The summed E-state index contributed by atoms with van der Waals surface area (Å²) in [6, 6.07) is 8.38. The second-order valence-electron chi connectivity index (χ2n) is 7.14. The SMILES string of the molecule is CN=C(NCc1cccc(-c2ncn[nH]2)c1)N1CC2CCCCC2C1.I. The van der Waals surface area contributed by atoms with Crippen LogP contribution in [0.1, 0.15) is 31.2 Å². The Bertz CT molecular complexity index is 715. The number of hydrogen-bond donors (Lipinski definition) is 2. The third kappa shape index (κ3) is 4.19. The third-order valence-corrected chi connectivity index (χ3v) is 5.55. The molecule has 2 N–H and O–H groups in total. The fourth-order valence-corrected chi connectivity index (χ4v) is 4.27. The topological polar surface area (TPSA) is 69.2 Å². The molecule has 2 aromatic rings. The second kappa shape index (κ2) is 8.83. The number of nitrogens with one attached hydrogen (secondary N) is 2. The van der Waals surface area contributed by atoms with Crippen LogP contribution in [0.5, 0.6) is 0 Å². The van der Waals surface area contributed by atoms with Gasteiger partial charge in [-0.15, -0.1) is 24.0 Å². The van der Waals surface area contributed by atoms with E-state index in [1.54, 1.807) is 0 Å². The zero-order valence-corrected chi connectivity index (χ0v) is 17.5. The summed E-state index contributed by atoms with van der Waals surface area (Å²) in [4.78, 5) is 11.2. The van der Waals surface area contributed by atoms with Gasteiger partial charge in [-0.05, 0) is 36.3 Å². The zero-order chi connectivity index (χ0) is 17.1. The molecule has 7 heteroatoms. The van der Waals surface area contributed by atoms with Crippen LogP contribution < -0.4 is 5.32 Å². The number of rotatable bonds is 3. The van der Waals surface area contributed by atoms with E-state index in [4.69, 9.17) is 0 Å². The molecule has 0 bridgehead atoms. The quantitative estimate of drug-likeness (QED) is 0.414. The van der Waals surface area contributed by atoms with Gasteiger partial charge >= 0.3 is 0 Å². The molecule has 0 radical (unpaired) electrons. The highest BCUT2D eigenvalue weighted by atomic mass is 127. The summed E-state index contributed by atoms with van der Waals surface area (Å²) in [5, 5.41) is 10.4. The van der Waals surface area contributed by atoms with Crippen LogP contribution in [0.15, 0.2) is 35.6 Å². The van der Waals surface area contributed by atoms with Gasteiger partial charge < -0.3 is 10.2 Å². The maximum atomic E-state index is 4.52. The Kier molecular flexibility index (Phi) is 6.50. The molecule has 2 aliphatic rings. The van der Waals surface area contributed by atoms with Gasteiger partial charge in [0.15, 0.2) is 11.8 Å². The number of aromatic nitrogens is 3. The molecule has 26 heavy (non-hydrogen) atoms. The molecular formula is C19H27IN6. The van der Waals surface area contributed by atoms with Crippen molar-refractivity contribution < 1.29 is 0 Å². The zero-order valence-electron chi connectivity index (χ0n) is 15.2. The van der Waals surface area contributed by atoms with Crippen molar-refractivity contribution in [1.29, 1.82) is 0 Å². The first kappa shape index (κ1) is 19.1. The minimum atomic E-state index is 0. The molecule has 2 fully saturated rings. The van der Waals surface area contributed by atoms with E-state index in [-0.39, 0.29) is 24.0 Å². The Hall–Kier alpha value is -1.64. The van der Waals surface area contributed by atoms with Crippen LogP contribution in [-0.4, -0.2) is 46.2 Å². The average Bonchev–Trinajstić information content (AvgIpc) is 3.32. The van der Waals surface area contributed by atoms with Crippen molar-refractivity contribution in [2.45, 2.75) is 32.2 Å². The molecule has 2 atom stereocenters. The monoisotopic (exact) mass is 466 g/mol. The average molecular weight is 466 g/mol. The van der Waals surface area contributed by atoms with E-state index in [2.05, 4.69) is 48.6 Å². The first-order chi connectivity index (χ1) is 12.3. The number of aromatic amines is 1. The number of hydrogen-bond acceptors (Lipinski definition) is 3. The van der Waals surface area contributed by atoms with Gasteiger partial charge in [-0.1, -0.05) is 31.0 Å². The molecule has 140 valence electrons. The maximum absolute atomic E-state index is 4.52. The van der Waals surface area contributed by atoms with Crippen LogP contribution in [0.25, 0.3) is 11.4 Å². The number of nitrogens with zero attached hydrogens (tertiary/aromatic N) is 4. The van der Waals surface area contributed by atoms with E-state index in [9.17, 15) is 0 Å². The predicted octanol–water partition coefficient (Wildman–Crippen LogP) is 3.29. The summed E-state index contributed by atoms with van der Waals surface area (Å²) in [5.74, 6) is 3.55. The summed E-state index contributed by atoms with van der Waals surface area (Å²) in [6.45, 7) is 3.07. The first-order valence-electron chi connectivity index (χ1n) is 9.24. The standard InChI is InChI=1S/C19H26N6.HI/c1-20-19(25-11-16-6-2-3-7-17(16)12-25)21-10-14-5-4-8-15(9-14)18-22-13-23-24-18;/h4-5,8-9,13,16-17H,2-3,6-7,10-12H2,1H3,(H,20,21)(H,22,23,24);1H. The molecule has 1 aromatic carbocycles. The first-order valence-corrected chi connectivity index (χ1v) is 9.24. The van der Waals surface area contributed by atoms with E-state index < -0.39 is 0 Å². The Morgan fingerprint density at radius 3 is 2.69 bits per heavy atom. The van der Waals surface area contributed by atoms with Crippen molar-refractivity contribution in [3.63, 3.8) is 0 Å². The van der Waals surface area contributed by atoms with Crippen LogP contribution in [0.2, 0.25) is 0 Å². The lowest BCUT2D eigenvalue weighted by Gasteiger charge is -2.22. The van der Waals surface area contributed by atoms with Gasteiger partial charge in [-0.25, -0.2) is 4.98 Å². The lowest BCUT2D eigenvalue weighted by atomic mass is 9.82. The van der Waals surface area contributed by atoms with Crippen molar-refractivity contribution in [2.24, 2.45) is 16.8 Å². The van der Waals surface area contributed by atoms with E-state index in [0.717, 1.165) is 48.8 Å². The molecular weight excluding hydrogens is 439 g/mol. The number of halogens is 1. The number of aliphatic imine (C=N–C) groups is 1. The highest BCUT2D eigenvalue weighted by molar-refractivity contribution is 14.0. The number of benzene rings is 1. The Balaban J connectivity index is 0.00000196. The van der Waals surface area contributed by atoms with Gasteiger partial charge in [-0.3, -0.25) is 10.1 Å². The number of likely N-dealkylation sites (tertiary alicyclic amines) is 1. The van der Waals surface area contributed by atoms with Crippen molar-refractivity contribution in [3.05, 3.63) is 36.2 Å². The predicted molar refractivity (Wildman–Crippen MR) is 114 cm³/mol. The molecule has 2 heterocycles. The number of fused-ring (bicyclic) bond motifs is 1. The molecule has 1 saturated carbocycles. The van der Waals surface area contributed by atoms with Crippen LogP contribution in [0, 0.1) is 11.8 Å². The summed E-state index contributed by atoms with van der Waals surface area (Å²) in [7, 11) is 1.88. The van der Waals surface area contributed by atoms with E-state index >= 15 is 0 Å². The highest BCUT2D eigenvalue weighted by Gasteiger charge is 2.35. The van der Waals surface area contributed by atoms with Gasteiger partial charge in [0.1, 0.15) is 6.33 Å². The Labute approximate surface area is 171 Å². The summed E-state index contributed by atoms with van der Waals surface area (Å²) >= 11 is 0. The van der Waals surface area contributed by atoms with Gasteiger partial charge in [-0.2, -0.15) is 5.10 Å².